The van der Waals surface area contributed by atoms with Crippen molar-refractivity contribution in [2.24, 2.45) is 0 Å². The second-order valence-corrected chi connectivity index (χ2v) is 4.94. The van der Waals surface area contributed by atoms with Crippen molar-refractivity contribution in [3.8, 4) is 11.1 Å². The van der Waals surface area contributed by atoms with Gasteiger partial charge in [-0.3, -0.25) is 0 Å². The first-order valence-electron chi connectivity index (χ1n) is 4.59. The maximum absolute atomic E-state index is 2.24. The van der Waals surface area contributed by atoms with E-state index in [-0.39, 0.29) is 0 Å². The Hall–Kier alpha value is -1.04. The van der Waals surface area contributed by atoms with E-state index in [1.165, 1.54) is 15.6 Å². The first-order chi connectivity index (χ1) is 6.90. The summed E-state index contributed by atoms with van der Waals surface area (Å²) in [6, 6.07) is 19.3. The van der Waals surface area contributed by atoms with Crippen LogP contribution in [0.4, 0.5) is 0 Å². The predicted octanol–water partition coefficient (Wildman–Crippen LogP) is 2.73. The van der Waals surface area contributed by atoms with Crippen LogP contribution in [0.1, 0.15) is 0 Å². The minimum atomic E-state index is 0.606. The molecular formula is C13H12Se. The second kappa shape index (κ2) is 4.45. The van der Waals surface area contributed by atoms with Crippen molar-refractivity contribution in [2.75, 3.05) is 0 Å². The van der Waals surface area contributed by atoms with Crippen LogP contribution in [0.5, 0.6) is 0 Å². The molecule has 0 aliphatic heterocycles. The fraction of sp³-hybridized carbons (Fsp3) is 0.0769. The molecule has 2 aromatic carbocycles. The van der Waals surface area contributed by atoms with Crippen LogP contribution in [-0.2, 0) is 0 Å². The normalized spacial score (nSPS) is 10.1. The Labute approximate surface area is 91.1 Å². The quantitative estimate of drug-likeness (QED) is 0.716. The molecule has 0 bridgehead atoms. The van der Waals surface area contributed by atoms with E-state index in [2.05, 4.69) is 54.4 Å². The number of hydrogen-bond donors (Lipinski definition) is 0. The fourth-order valence-electron chi connectivity index (χ4n) is 1.41. The van der Waals surface area contributed by atoms with E-state index in [0.29, 0.717) is 15.0 Å². The second-order valence-electron chi connectivity index (χ2n) is 3.09. The van der Waals surface area contributed by atoms with Gasteiger partial charge in [0.25, 0.3) is 0 Å². The van der Waals surface area contributed by atoms with Gasteiger partial charge in [0.15, 0.2) is 0 Å². The van der Waals surface area contributed by atoms with Crippen molar-refractivity contribution in [3.05, 3.63) is 54.6 Å². The van der Waals surface area contributed by atoms with E-state index in [9.17, 15) is 0 Å². The van der Waals surface area contributed by atoms with Crippen LogP contribution < -0.4 is 4.46 Å². The van der Waals surface area contributed by atoms with E-state index in [4.69, 9.17) is 0 Å². The zero-order valence-electron chi connectivity index (χ0n) is 8.10. The molecule has 0 heterocycles. The van der Waals surface area contributed by atoms with Gasteiger partial charge in [-0.15, -0.1) is 0 Å². The van der Waals surface area contributed by atoms with Crippen molar-refractivity contribution in [2.45, 2.75) is 5.82 Å². The Balaban J connectivity index is 2.34. The molecule has 0 aromatic heterocycles. The molecule has 0 spiro atoms. The van der Waals surface area contributed by atoms with Gasteiger partial charge in [-0.05, 0) is 0 Å². The number of hydrogen-bond acceptors (Lipinski definition) is 0. The summed E-state index contributed by atoms with van der Waals surface area (Å²) in [4.78, 5) is 0. The Bertz CT molecular complexity index is 389. The first-order valence-corrected chi connectivity index (χ1v) is 7.16. The molecule has 0 aliphatic carbocycles. The summed E-state index contributed by atoms with van der Waals surface area (Å²) in [5.41, 5.74) is 2.60. The molecule has 0 atom stereocenters. The number of rotatable bonds is 2. The Morgan fingerprint density at radius 2 is 1.29 bits per heavy atom. The number of benzene rings is 2. The molecule has 2 rings (SSSR count). The maximum atomic E-state index is 2.24. The van der Waals surface area contributed by atoms with E-state index in [1.807, 2.05) is 6.07 Å². The van der Waals surface area contributed by atoms with Crippen LogP contribution in [0.3, 0.4) is 0 Å². The summed E-state index contributed by atoms with van der Waals surface area (Å²) in [5, 5.41) is 0. The van der Waals surface area contributed by atoms with Crippen molar-refractivity contribution in [1.82, 2.24) is 0 Å². The van der Waals surface area contributed by atoms with Crippen molar-refractivity contribution >= 4 is 19.4 Å². The molecule has 14 heavy (non-hydrogen) atoms. The fourth-order valence-corrected chi connectivity index (χ4v) is 2.27. The third-order valence-corrected chi connectivity index (χ3v) is 3.76. The summed E-state index contributed by atoms with van der Waals surface area (Å²) in [6.45, 7) is 0. The molecule has 2 aromatic rings. The summed E-state index contributed by atoms with van der Waals surface area (Å²) in [5.74, 6) is 2.24. The van der Waals surface area contributed by atoms with Gasteiger partial charge >= 0.3 is 91.0 Å². The molecule has 0 nitrogen and oxygen atoms in total. The van der Waals surface area contributed by atoms with Gasteiger partial charge in [0.05, 0.1) is 0 Å². The van der Waals surface area contributed by atoms with Crippen LogP contribution in [0.2, 0.25) is 5.82 Å². The van der Waals surface area contributed by atoms with Gasteiger partial charge in [-0.25, -0.2) is 0 Å². The van der Waals surface area contributed by atoms with Gasteiger partial charge < -0.3 is 0 Å². The topological polar surface area (TPSA) is 0 Å². The van der Waals surface area contributed by atoms with Crippen molar-refractivity contribution in [3.63, 3.8) is 0 Å². The van der Waals surface area contributed by atoms with Gasteiger partial charge in [0, 0.05) is 0 Å². The Morgan fingerprint density at radius 1 is 0.714 bits per heavy atom. The average molecular weight is 247 g/mol. The summed E-state index contributed by atoms with van der Waals surface area (Å²) in [7, 11) is 0. The minimum absolute atomic E-state index is 0.606. The van der Waals surface area contributed by atoms with E-state index >= 15 is 0 Å². The van der Waals surface area contributed by atoms with Crippen molar-refractivity contribution < 1.29 is 0 Å². The van der Waals surface area contributed by atoms with Crippen LogP contribution in [0.15, 0.2) is 54.6 Å². The Kier molecular flexibility index (Phi) is 3.03. The van der Waals surface area contributed by atoms with Gasteiger partial charge in [0.2, 0.25) is 0 Å². The molecule has 0 saturated carbocycles. The molecule has 0 N–H and O–H groups in total. The molecule has 0 aliphatic rings. The SMILES string of the molecule is C[Se]c1ccc(-c2ccccc2)cc1. The van der Waals surface area contributed by atoms with Crippen LogP contribution >= 0.6 is 0 Å². The molecule has 0 fully saturated rings. The summed E-state index contributed by atoms with van der Waals surface area (Å²) >= 11 is 0.606. The standard InChI is InChI=1S/C13H12Se/c1-14-13-9-7-12(8-10-13)11-5-3-2-4-6-11/h2-10H,1H3. The zero-order chi connectivity index (χ0) is 9.80. The van der Waals surface area contributed by atoms with Gasteiger partial charge in [-0.2, -0.15) is 0 Å². The van der Waals surface area contributed by atoms with E-state index in [1.54, 1.807) is 0 Å². The van der Waals surface area contributed by atoms with Crippen LogP contribution in [0, 0.1) is 0 Å². The van der Waals surface area contributed by atoms with Crippen LogP contribution in [0.25, 0.3) is 11.1 Å². The first kappa shape index (κ1) is 9.51. The molecule has 70 valence electrons. The van der Waals surface area contributed by atoms with E-state index in [0.717, 1.165) is 0 Å². The predicted molar refractivity (Wildman–Crippen MR) is 63.1 cm³/mol. The molecule has 0 saturated heterocycles. The summed E-state index contributed by atoms with van der Waals surface area (Å²) < 4.78 is 1.46. The molecule has 1 heteroatoms. The van der Waals surface area contributed by atoms with Gasteiger partial charge in [-0.1, -0.05) is 0 Å². The summed E-state index contributed by atoms with van der Waals surface area (Å²) in [6.07, 6.45) is 0. The van der Waals surface area contributed by atoms with E-state index < -0.39 is 0 Å². The average Bonchev–Trinajstić information content (AvgIpc) is 2.30. The molecular weight excluding hydrogens is 235 g/mol. The van der Waals surface area contributed by atoms with Gasteiger partial charge in [0.1, 0.15) is 0 Å². The molecule has 0 amide bonds. The third kappa shape index (κ3) is 2.06. The Morgan fingerprint density at radius 3 is 1.86 bits per heavy atom. The zero-order valence-corrected chi connectivity index (χ0v) is 9.82. The monoisotopic (exact) mass is 248 g/mol. The van der Waals surface area contributed by atoms with Crippen LogP contribution in [-0.4, -0.2) is 15.0 Å². The molecule has 0 unspecified atom stereocenters. The third-order valence-electron chi connectivity index (χ3n) is 2.20. The van der Waals surface area contributed by atoms with Crippen molar-refractivity contribution in [1.29, 1.82) is 0 Å². The molecule has 0 radical (unpaired) electrons.